The first kappa shape index (κ1) is 16.7. The SMILES string of the molecule is COc1cccc(CNC(=O)Cn2c(C)nc(C)c(C)c2=O)c1. The molecule has 1 amide bonds. The van der Waals surface area contributed by atoms with Crippen molar-refractivity contribution < 1.29 is 9.53 Å². The van der Waals surface area contributed by atoms with E-state index in [9.17, 15) is 9.59 Å². The van der Waals surface area contributed by atoms with Gasteiger partial charge in [0.1, 0.15) is 18.1 Å². The maximum absolute atomic E-state index is 12.2. The van der Waals surface area contributed by atoms with Crippen molar-refractivity contribution in [2.24, 2.45) is 0 Å². The van der Waals surface area contributed by atoms with Crippen LogP contribution in [-0.2, 0) is 17.9 Å². The van der Waals surface area contributed by atoms with Crippen LogP contribution in [0.2, 0.25) is 0 Å². The standard InChI is InChI=1S/C17H21N3O3/c1-11-12(2)19-13(3)20(17(11)22)10-16(21)18-9-14-6-5-7-15(8-14)23-4/h5-8H,9-10H2,1-4H3,(H,18,21). The summed E-state index contributed by atoms with van der Waals surface area (Å²) in [5, 5.41) is 2.81. The first-order valence-corrected chi connectivity index (χ1v) is 7.36. The van der Waals surface area contributed by atoms with E-state index >= 15 is 0 Å². The van der Waals surface area contributed by atoms with E-state index in [0.29, 0.717) is 23.6 Å². The fraction of sp³-hybridized carbons (Fsp3) is 0.353. The third kappa shape index (κ3) is 3.97. The van der Waals surface area contributed by atoms with Gasteiger partial charge in [-0.3, -0.25) is 14.2 Å². The number of hydrogen-bond acceptors (Lipinski definition) is 4. The normalized spacial score (nSPS) is 10.4. The molecule has 0 saturated carbocycles. The fourth-order valence-electron chi connectivity index (χ4n) is 2.26. The van der Waals surface area contributed by atoms with Gasteiger partial charge < -0.3 is 10.1 Å². The number of rotatable bonds is 5. The van der Waals surface area contributed by atoms with Crippen LogP contribution < -0.4 is 15.6 Å². The Balaban J connectivity index is 2.06. The van der Waals surface area contributed by atoms with E-state index in [2.05, 4.69) is 10.3 Å². The molecule has 1 aromatic heterocycles. The number of ether oxygens (including phenoxy) is 1. The zero-order valence-electron chi connectivity index (χ0n) is 13.8. The quantitative estimate of drug-likeness (QED) is 0.907. The maximum atomic E-state index is 12.2. The van der Waals surface area contributed by atoms with Crippen molar-refractivity contribution in [1.29, 1.82) is 0 Å². The third-order valence-electron chi connectivity index (χ3n) is 3.75. The Hall–Kier alpha value is -2.63. The van der Waals surface area contributed by atoms with Gasteiger partial charge in [-0.15, -0.1) is 0 Å². The van der Waals surface area contributed by atoms with Gasteiger partial charge in [0.05, 0.1) is 7.11 Å². The summed E-state index contributed by atoms with van der Waals surface area (Å²) in [5.41, 5.74) is 2.02. The second-order valence-electron chi connectivity index (χ2n) is 5.39. The molecule has 1 aromatic carbocycles. The highest BCUT2D eigenvalue weighted by molar-refractivity contribution is 5.75. The van der Waals surface area contributed by atoms with Crippen molar-refractivity contribution in [3.63, 3.8) is 0 Å². The Labute approximate surface area is 135 Å². The van der Waals surface area contributed by atoms with E-state index in [-0.39, 0.29) is 18.0 Å². The largest absolute Gasteiger partial charge is 0.497 e. The van der Waals surface area contributed by atoms with Crippen LogP contribution in [-0.4, -0.2) is 22.6 Å². The zero-order chi connectivity index (χ0) is 17.0. The van der Waals surface area contributed by atoms with Crippen LogP contribution in [0.1, 0.15) is 22.6 Å². The number of aromatic nitrogens is 2. The van der Waals surface area contributed by atoms with Gasteiger partial charge in [-0.05, 0) is 38.5 Å². The summed E-state index contributed by atoms with van der Waals surface area (Å²) >= 11 is 0. The molecule has 0 aliphatic heterocycles. The lowest BCUT2D eigenvalue weighted by molar-refractivity contribution is -0.121. The third-order valence-corrected chi connectivity index (χ3v) is 3.75. The minimum Gasteiger partial charge on any atom is -0.497 e. The minimum absolute atomic E-state index is 0.0389. The van der Waals surface area contributed by atoms with Crippen LogP contribution in [0, 0.1) is 20.8 Å². The van der Waals surface area contributed by atoms with Crippen LogP contribution in [0.25, 0.3) is 0 Å². The van der Waals surface area contributed by atoms with Crippen LogP contribution in [0.15, 0.2) is 29.1 Å². The molecule has 0 saturated heterocycles. The lowest BCUT2D eigenvalue weighted by Crippen LogP contribution is -2.35. The van der Waals surface area contributed by atoms with Crippen LogP contribution in [0.5, 0.6) is 5.75 Å². The number of nitrogens with one attached hydrogen (secondary N) is 1. The minimum atomic E-state index is -0.233. The predicted molar refractivity (Wildman–Crippen MR) is 87.5 cm³/mol. The monoisotopic (exact) mass is 315 g/mol. The van der Waals surface area contributed by atoms with E-state index in [1.54, 1.807) is 27.9 Å². The molecular weight excluding hydrogens is 294 g/mol. The highest BCUT2D eigenvalue weighted by Crippen LogP contribution is 2.12. The Bertz CT molecular complexity index is 781. The lowest BCUT2D eigenvalue weighted by atomic mass is 10.2. The number of carbonyl (C=O) groups is 1. The molecule has 2 aromatic rings. The van der Waals surface area contributed by atoms with E-state index in [1.165, 1.54) is 4.57 Å². The van der Waals surface area contributed by atoms with Gasteiger partial charge in [0.15, 0.2) is 0 Å². The molecule has 0 bridgehead atoms. The zero-order valence-corrected chi connectivity index (χ0v) is 13.8. The molecule has 0 aliphatic carbocycles. The number of benzene rings is 1. The molecule has 0 spiro atoms. The molecule has 6 heteroatoms. The summed E-state index contributed by atoms with van der Waals surface area (Å²) in [4.78, 5) is 28.6. The lowest BCUT2D eigenvalue weighted by Gasteiger charge is -2.12. The summed E-state index contributed by atoms with van der Waals surface area (Å²) < 4.78 is 6.54. The van der Waals surface area contributed by atoms with Gasteiger partial charge in [-0.1, -0.05) is 12.1 Å². The smallest absolute Gasteiger partial charge is 0.257 e. The molecule has 0 atom stereocenters. The van der Waals surface area contributed by atoms with Gasteiger partial charge >= 0.3 is 0 Å². The highest BCUT2D eigenvalue weighted by Gasteiger charge is 2.11. The maximum Gasteiger partial charge on any atom is 0.257 e. The molecule has 0 fully saturated rings. The average molecular weight is 315 g/mol. The topological polar surface area (TPSA) is 73.2 Å². The summed E-state index contributed by atoms with van der Waals surface area (Å²) in [6, 6.07) is 7.46. The second kappa shape index (κ2) is 7.09. The molecule has 2 rings (SSSR count). The van der Waals surface area contributed by atoms with Crippen LogP contribution in [0.4, 0.5) is 0 Å². The first-order valence-electron chi connectivity index (χ1n) is 7.36. The Morgan fingerprint density at radius 2 is 2.04 bits per heavy atom. The number of methoxy groups -OCH3 is 1. The molecule has 1 N–H and O–H groups in total. The van der Waals surface area contributed by atoms with Crippen molar-refractivity contribution in [3.8, 4) is 5.75 Å². The summed E-state index contributed by atoms with van der Waals surface area (Å²) in [6.07, 6.45) is 0. The van der Waals surface area contributed by atoms with E-state index < -0.39 is 0 Å². The van der Waals surface area contributed by atoms with Gasteiger partial charge in [-0.25, -0.2) is 4.98 Å². The molecule has 0 unspecified atom stereocenters. The van der Waals surface area contributed by atoms with E-state index in [4.69, 9.17) is 4.74 Å². The molecule has 1 heterocycles. The molecule has 122 valence electrons. The Kier molecular flexibility index (Phi) is 5.16. The highest BCUT2D eigenvalue weighted by atomic mass is 16.5. The summed E-state index contributed by atoms with van der Waals surface area (Å²) in [6.45, 7) is 5.57. The average Bonchev–Trinajstić information content (AvgIpc) is 2.55. The molecule has 23 heavy (non-hydrogen) atoms. The Morgan fingerprint density at radius 1 is 1.30 bits per heavy atom. The molecule has 6 nitrogen and oxygen atoms in total. The van der Waals surface area contributed by atoms with Crippen LogP contribution in [0.3, 0.4) is 0 Å². The molecular formula is C17H21N3O3. The van der Waals surface area contributed by atoms with Crippen LogP contribution >= 0.6 is 0 Å². The van der Waals surface area contributed by atoms with Crippen molar-refractivity contribution in [2.45, 2.75) is 33.9 Å². The summed E-state index contributed by atoms with van der Waals surface area (Å²) in [7, 11) is 1.60. The number of hydrogen-bond donors (Lipinski definition) is 1. The Morgan fingerprint density at radius 3 is 2.74 bits per heavy atom. The predicted octanol–water partition coefficient (Wildman–Crippen LogP) is 1.49. The van der Waals surface area contributed by atoms with Gasteiger partial charge in [0, 0.05) is 17.8 Å². The fourth-order valence-corrected chi connectivity index (χ4v) is 2.26. The van der Waals surface area contributed by atoms with Gasteiger partial charge in [0.25, 0.3) is 5.56 Å². The van der Waals surface area contributed by atoms with E-state index in [1.807, 2.05) is 24.3 Å². The number of nitrogens with zero attached hydrogens (tertiary/aromatic N) is 2. The van der Waals surface area contributed by atoms with Gasteiger partial charge in [-0.2, -0.15) is 0 Å². The first-order chi connectivity index (χ1) is 10.9. The second-order valence-corrected chi connectivity index (χ2v) is 5.39. The molecule has 0 aliphatic rings. The number of amides is 1. The van der Waals surface area contributed by atoms with Crippen molar-refractivity contribution >= 4 is 5.91 Å². The van der Waals surface area contributed by atoms with Crippen molar-refractivity contribution in [1.82, 2.24) is 14.9 Å². The van der Waals surface area contributed by atoms with Gasteiger partial charge in [0.2, 0.25) is 5.91 Å². The number of aryl methyl sites for hydroxylation is 2. The van der Waals surface area contributed by atoms with Crippen molar-refractivity contribution in [3.05, 3.63) is 57.3 Å². The van der Waals surface area contributed by atoms with Crippen molar-refractivity contribution in [2.75, 3.05) is 7.11 Å². The summed E-state index contributed by atoms with van der Waals surface area (Å²) in [5.74, 6) is 1.04. The van der Waals surface area contributed by atoms with E-state index in [0.717, 1.165) is 11.3 Å². The number of carbonyl (C=O) groups excluding carboxylic acids is 1. The molecule has 0 radical (unpaired) electrons.